The molecule has 0 saturated carbocycles. The summed E-state index contributed by atoms with van der Waals surface area (Å²) in [4.78, 5) is 12.3. The van der Waals surface area contributed by atoms with Crippen LogP contribution in [0.25, 0.3) is 0 Å². The number of amides is 1. The van der Waals surface area contributed by atoms with Crippen molar-refractivity contribution in [1.82, 2.24) is 15.1 Å². The molecule has 27 heavy (non-hydrogen) atoms. The van der Waals surface area contributed by atoms with Gasteiger partial charge < -0.3 is 10.1 Å². The van der Waals surface area contributed by atoms with Gasteiger partial charge in [-0.1, -0.05) is 30.3 Å². The van der Waals surface area contributed by atoms with Crippen molar-refractivity contribution in [3.05, 3.63) is 82.1 Å². The number of aromatic nitrogens is 2. The number of ether oxygens (including phenoxy) is 1. The van der Waals surface area contributed by atoms with Crippen molar-refractivity contribution in [3.8, 4) is 5.75 Å². The molecule has 1 aromatic heterocycles. The van der Waals surface area contributed by atoms with E-state index in [-0.39, 0.29) is 5.91 Å². The predicted octanol–water partition coefficient (Wildman–Crippen LogP) is 4.09. The minimum atomic E-state index is -0.580. The normalized spacial score (nSPS) is 11.8. The van der Waals surface area contributed by atoms with Gasteiger partial charge in [-0.15, -0.1) is 0 Å². The Morgan fingerprint density at radius 2 is 1.96 bits per heavy atom. The number of benzene rings is 2. The molecular weight excluding hydrogens is 406 g/mol. The van der Waals surface area contributed by atoms with Crippen LogP contribution in [0.2, 0.25) is 0 Å². The summed E-state index contributed by atoms with van der Waals surface area (Å²) < 4.78 is 8.48. The predicted molar refractivity (Wildman–Crippen MR) is 109 cm³/mol. The Kier molecular flexibility index (Phi) is 6.29. The van der Waals surface area contributed by atoms with Crippen molar-refractivity contribution >= 4 is 21.8 Å². The number of hydrogen-bond acceptors (Lipinski definition) is 3. The second kappa shape index (κ2) is 8.86. The van der Waals surface area contributed by atoms with Gasteiger partial charge in [0.25, 0.3) is 5.91 Å². The van der Waals surface area contributed by atoms with Gasteiger partial charge in [0.05, 0.1) is 11.0 Å². The van der Waals surface area contributed by atoms with E-state index < -0.39 is 6.10 Å². The number of nitrogens with one attached hydrogen (secondary N) is 1. The van der Waals surface area contributed by atoms with Crippen LogP contribution in [0.15, 0.2) is 65.4 Å². The molecule has 1 amide bonds. The maximum Gasteiger partial charge on any atom is 0.261 e. The summed E-state index contributed by atoms with van der Waals surface area (Å²) in [5.74, 6) is 0.509. The molecule has 1 unspecified atom stereocenters. The fourth-order valence-electron chi connectivity index (χ4n) is 2.62. The fourth-order valence-corrected chi connectivity index (χ4v) is 3.21. The van der Waals surface area contributed by atoms with Gasteiger partial charge in [-0.05, 0) is 64.7 Å². The van der Waals surface area contributed by atoms with E-state index in [0.29, 0.717) is 12.3 Å². The molecule has 0 bridgehead atoms. The number of hydrogen-bond donors (Lipinski definition) is 1. The van der Waals surface area contributed by atoms with Crippen LogP contribution in [-0.2, 0) is 17.9 Å². The highest BCUT2D eigenvalue weighted by Crippen LogP contribution is 2.26. The molecule has 0 aliphatic carbocycles. The van der Waals surface area contributed by atoms with Gasteiger partial charge in [0.2, 0.25) is 0 Å². The molecule has 0 saturated heterocycles. The lowest BCUT2D eigenvalue weighted by molar-refractivity contribution is -0.127. The van der Waals surface area contributed by atoms with E-state index in [2.05, 4.69) is 26.3 Å². The van der Waals surface area contributed by atoms with Crippen LogP contribution in [0.3, 0.4) is 0 Å². The van der Waals surface area contributed by atoms with Gasteiger partial charge in [-0.25, -0.2) is 0 Å². The number of aryl methyl sites for hydroxylation is 1. The lowest BCUT2D eigenvalue weighted by atomic mass is 10.1. The van der Waals surface area contributed by atoms with Crippen molar-refractivity contribution in [2.75, 3.05) is 0 Å². The first-order valence-corrected chi connectivity index (χ1v) is 9.56. The molecule has 0 radical (unpaired) electrons. The highest BCUT2D eigenvalue weighted by atomic mass is 79.9. The number of carbonyl (C=O) groups is 1. The van der Waals surface area contributed by atoms with E-state index in [0.717, 1.165) is 27.7 Å². The van der Waals surface area contributed by atoms with E-state index in [1.54, 1.807) is 13.1 Å². The Labute approximate surface area is 167 Å². The molecule has 0 aliphatic heterocycles. The zero-order chi connectivity index (χ0) is 19.2. The summed E-state index contributed by atoms with van der Waals surface area (Å²) in [6, 6.07) is 15.8. The Morgan fingerprint density at radius 1 is 1.22 bits per heavy atom. The second-order valence-corrected chi connectivity index (χ2v) is 7.29. The first-order valence-electron chi connectivity index (χ1n) is 8.77. The maximum absolute atomic E-state index is 12.3. The monoisotopic (exact) mass is 427 g/mol. The average molecular weight is 428 g/mol. The van der Waals surface area contributed by atoms with Crippen LogP contribution >= 0.6 is 15.9 Å². The molecular formula is C21H22BrN3O2. The summed E-state index contributed by atoms with van der Waals surface area (Å²) in [7, 11) is 0. The minimum absolute atomic E-state index is 0.150. The standard InChI is InChI=1S/C21H22BrN3O2/c1-15-4-9-20(19(22)12-15)27-16(2)21(26)23-13-17-5-7-18(8-6-17)14-25-11-3-10-24-25/h3-12,16H,13-14H2,1-2H3,(H,23,26). The van der Waals surface area contributed by atoms with Gasteiger partial charge >= 0.3 is 0 Å². The molecule has 0 spiro atoms. The number of halogens is 1. The molecule has 140 valence electrons. The second-order valence-electron chi connectivity index (χ2n) is 6.43. The molecule has 1 atom stereocenters. The van der Waals surface area contributed by atoms with E-state index in [1.807, 2.05) is 66.3 Å². The van der Waals surface area contributed by atoms with Crippen molar-refractivity contribution in [2.45, 2.75) is 33.0 Å². The van der Waals surface area contributed by atoms with E-state index in [4.69, 9.17) is 4.74 Å². The SMILES string of the molecule is Cc1ccc(OC(C)C(=O)NCc2ccc(Cn3cccn3)cc2)c(Br)c1. The van der Waals surface area contributed by atoms with Gasteiger partial charge in [0, 0.05) is 18.9 Å². The van der Waals surface area contributed by atoms with E-state index in [9.17, 15) is 4.79 Å². The van der Waals surface area contributed by atoms with Crippen LogP contribution in [0.1, 0.15) is 23.6 Å². The first kappa shape index (κ1) is 19.2. The number of rotatable bonds is 7. The zero-order valence-electron chi connectivity index (χ0n) is 15.4. The molecule has 0 fully saturated rings. The summed E-state index contributed by atoms with van der Waals surface area (Å²) >= 11 is 3.47. The molecule has 2 aromatic carbocycles. The van der Waals surface area contributed by atoms with Crippen LogP contribution in [0.5, 0.6) is 5.75 Å². The summed E-state index contributed by atoms with van der Waals surface area (Å²) in [6.45, 7) is 4.94. The molecule has 0 aliphatic rings. The molecule has 5 nitrogen and oxygen atoms in total. The Bertz CT molecular complexity index is 892. The van der Waals surface area contributed by atoms with Gasteiger partial charge in [-0.2, -0.15) is 5.10 Å². The van der Waals surface area contributed by atoms with E-state index >= 15 is 0 Å². The largest absolute Gasteiger partial charge is 0.480 e. The van der Waals surface area contributed by atoms with Gasteiger partial charge in [-0.3, -0.25) is 9.48 Å². The topological polar surface area (TPSA) is 56.1 Å². The van der Waals surface area contributed by atoms with Crippen LogP contribution in [0.4, 0.5) is 0 Å². The summed E-state index contributed by atoms with van der Waals surface area (Å²) in [6.07, 6.45) is 3.12. The van der Waals surface area contributed by atoms with Crippen LogP contribution in [-0.4, -0.2) is 21.8 Å². The van der Waals surface area contributed by atoms with Crippen molar-refractivity contribution < 1.29 is 9.53 Å². The zero-order valence-corrected chi connectivity index (χ0v) is 16.9. The Morgan fingerprint density at radius 3 is 2.63 bits per heavy atom. The molecule has 3 rings (SSSR count). The van der Waals surface area contributed by atoms with Gasteiger partial charge in [0.15, 0.2) is 6.10 Å². The van der Waals surface area contributed by atoms with Crippen molar-refractivity contribution in [1.29, 1.82) is 0 Å². The highest BCUT2D eigenvalue weighted by molar-refractivity contribution is 9.10. The number of carbonyl (C=O) groups excluding carboxylic acids is 1. The number of nitrogens with zero attached hydrogens (tertiary/aromatic N) is 2. The third kappa shape index (κ3) is 5.44. The van der Waals surface area contributed by atoms with Crippen molar-refractivity contribution in [3.63, 3.8) is 0 Å². The smallest absolute Gasteiger partial charge is 0.261 e. The Hall–Kier alpha value is -2.60. The lowest BCUT2D eigenvalue weighted by Crippen LogP contribution is -2.35. The summed E-state index contributed by atoms with van der Waals surface area (Å²) in [5, 5.41) is 7.12. The minimum Gasteiger partial charge on any atom is -0.480 e. The van der Waals surface area contributed by atoms with E-state index in [1.165, 1.54) is 0 Å². The van der Waals surface area contributed by atoms with Crippen molar-refractivity contribution in [2.24, 2.45) is 0 Å². The molecule has 1 heterocycles. The van der Waals surface area contributed by atoms with Crippen LogP contribution in [0, 0.1) is 6.92 Å². The first-order chi connectivity index (χ1) is 13.0. The molecule has 3 aromatic rings. The lowest BCUT2D eigenvalue weighted by Gasteiger charge is -2.16. The Balaban J connectivity index is 1.50. The quantitative estimate of drug-likeness (QED) is 0.617. The third-order valence-electron chi connectivity index (χ3n) is 4.15. The molecule has 1 N–H and O–H groups in total. The average Bonchev–Trinajstić information content (AvgIpc) is 3.16. The van der Waals surface area contributed by atoms with Gasteiger partial charge in [0.1, 0.15) is 5.75 Å². The van der Waals surface area contributed by atoms with Crippen LogP contribution < -0.4 is 10.1 Å². The molecule has 6 heteroatoms. The summed E-state index contributed by atoms with van der Waals surface area (Å²) in [5.41, 5.74) is 3.33. The fraction of sp³-hybridized carbons (Fsp3) is 0.238. The third-order valence-corrected chi connectivity index (χ3v) is 4.77. The maximum atomic E-state index is 12.3. The highest BCUT2D eigenvalue weighted by Gasteiger charge is 2.15.